The zero-order valence-electron chi connectivity index (χ0n) is 16.7. The maximum atomic E-state index is 10.5. The predicted octanol–water partition coefficient (Wildman–Crippen LogP) is 5.53. The third kappa shape index (κ3) is 33.5. The van der Waals surface area contributed by atoms with Gasteiger partial charge in [0.2, 0.25) is 0 Å². The second-order valence-corrected chi connectivity index (χ2v) is 8.80. The molecule has 0 aromatic heterocycles. The Kier molecular flexibility index (Phi) is 20.9. The number of hydrogen-bond donors (Lipinski definition) is 1. The lowest BCUT2D eigenvalue weighted by Crippen LogP contribution is -2.03. The van der Waals surface area contributed by atoms with E-state index in [1.54, 1.807) is 0 Å². The molecule has 0 spiro atoms. The number of nitrogens with zero attached hydrogens (tertiary/aromatic N) is 1. The summed E-state index contributed by atoms with van der Waals surface area (Å²) in [7, 11) is 2.26. The van der Waals surface area contributed by atoms with Gasteiger partial charge in [0.05, 0.1) is 5.75 Å². The van der Waals surface area contributed by atoms with E-state index in [4.69, 9.17) is 4.55 Å². The minimum absolute atomic E-state index is 0.0783. The molecule has 4 nitrogen and oxygen atoms in total. The van der Waals surface area contributed by atoms with Crippen LogP contribution in [-0.2, 0) is 10.1 Å². The van der Waals surface area contributed by atoms with Gasteiger partial charge in [-0.3, -0.25) is 4.55 Å². The molecule has 0 aliphatic carbocycles. The van der Waals surface area contributed by atoms with Crippen molar-refractivity contribution in [2.75, 3.05) is 26.9 Å². The third-order valence-corrected chi connectivity index (χ3v) is 4.56. The standard InChI is InChI=1S/C16H34O3S.C3H9N/c1-2-3-4-5-6-7-8-9-10-11-12-13-14-15-16-20(17,18)19;1-4(2)3/h2-16H2,1H3,(H,17,18,19);1-3H3. The molecule has 0 unspecified atom stereocenters. The van der Waals surface area contributed by atoms with Gasteiger partial charge >= 0.3 is 0 Å². The van der Waals surface area contributed by atoms with Crippen LogP contribution >= 0.6 is 0 Å². The zero-order valence-corrected chi connectivity index (χ0v) is 17.5. The number of hydrogen-bond acceptors (Lipinski definition) is 3. The fourth-order valence-corrected chi connectivity index (χ4v) is 3.05. The van der Waals surface area contributed by atoms with E-state index in [-0.39, 0.29) is 5.75 Å². The molecular weight excluding hydrogens is 322 g/mol. The van der Waals surface area contributed by atoms with Crippen molar-refractivity contribution >= 4 is 10.1 Å². The predicted molar refractivity (Wildman–Crippen MR) is 106 cm³/mol. The lowest BCUT2D eigenvalue weighted by molar-refractivity contribution is 0.478. The Labute approximate surface area is 152 Å². The Bertz CT molecular complexity index is 327. The van der Waals surface area contributed by atoms with Gasteiger partial charge in [0, 0.05) is 0 Å². The van der Waals surface area contributed by atoms with Crippen molar-refractivity contribution in [3.8, 4) is 0 Å². The Morgan fingerprint density at radius 2 is 0.875 bits per heavy atom. The quantitative estimate of drug-likeness (QED) is 0.306. The molecule has 0 saturated heterocycles. The van der Waals surface area contributed by atoms with Crippen molar-refractivity contribution in [3.63, 3.8) is 0 Å². The summed E-state index contributed by atoms with van der Waals surface area (Å²) >= 11 is 0. The molecule has 0 aliphatic heterocycles. The van der Waals surface area contributed by atoms with Gasteiger partial charge in [-0.05, 0) is 27.6 Å². The molecule has 5 heteroatoms. The summed E-state index contributed by atoms with van der Waals surface area (Å²) < 4.78 is 29.6. The highest BCUT2D eigenvalue weighted by Gasteiger charge is 2.02. The lowest BCUT2D eigenvalue weighted by atomic mass is 10.0. The van der Waals surface area contributed by atoms with Gasteiger partial charge in [0.15, 0.2) is 0 Å². The van der Waals surface area contributed by atoms with Crippen LogP contribution in [0.2, 0.25) is 0 Å². The van der Waals surface area contributed by atoms with Crippen LogP contribution in [0, 0.1) is 0 Å². The smallest absolute Gasteiger partial charge is 0.264 e. The largest absolute Gasteiger partial charge is 0.312 e. The topological polar surface area (TPSA) is 57.6 Å². The maximum absolute atomic E-state index is 10.5. The van der Waals surface area contributed by atoms with Gasteiger partial charge in [-0.1, -0.05) is 90.4 Å². The molecule has 0 atom stereocenters. The second-order valence-electron chi connectivity index (χ2n) is 7.22. The Morgan fingerprint density at radius 1 is 0.625 bits per heavy atom. The first kappa shape index (κ1) is 26.1. The van der Waals surface area contributed by atoms with Crippen molar-refractivity contribution in [2.24, 2.45) is 0 Å². The molecule has 0 heterocycles. The Morgan fingerprint density at radius 3 is 1.12 bits per heavy atom. The first-order valence-corrected chi connectivity index (χ1v) is 11.5. The summed E-state index contributed by atoms with van der Waals surface area (Å²) in [6.07, 6.45) is 17.4. The molecule has 0 bridgehead atoms. The minimum Gasteiger partial charge on any atom is -0.312 e. The highest BCUT2D eigenvalue weighted by atomic mass is 32.2. The first-order chi connectivity index (χ1) is 11.3. The van der Waals surface area contributed by atoms with Gasteiger partial charge < -0.3 is 4.90 Å². The normalized spacial score (nSPS) is 11.4. The van der Waals surface area contributed by atoms with E-state index >= 15 is 0 Å². The van der Waals surface area contributed by atoms with E-state index < -0.39 is 10.1 Å². The van der Waals surface area contributed by atoms with E-state index in [9.17, 15) is 8.42 Å². The molecule has 0 amide bonds. The number of rotatable bonds is 15. The summed E-state index contributed by atoms with van der Waals surface area (Å²) in [6.45, 7) is 2.25. The molecule has 148 valence electrons. The van der Waals surface area contributed by atoms with Gasteiger partial charge in [0.1, 0.15) is 0 Å². The average Bonchev–Trinajstić information content (AvgIpc) is 2.46. The van der Waals surface area contributed by atoms with Gasteiger partial charge in [-0.25, -0.2) is 0 Å². The molecule has 0 aliphatic rings. The van der Waals surface area contributed by atoms with E-state index in [1.807, 2.05) is 26.0 Å². The van der Waals surface area contributed by atoms with Crippen LogP contribution in [0.3, 0.4) is 0 Å². The molecule has 0 saturated carbocycles. The minimum atomic E-state index is -3.74. The monoisotopic (exact) mass is 365 g/mol. The van der Waals surface area contributed by atoms with Crippen LogP contribution in [0.1, 0.15) is 96.8 Å². The summed E-state index contributed by atoms with van der Waals surface area (Å²) in [5.41, 5.74) is 0. The molecule has 0 aromatic carbocycles. The SMILES string of the molecule is CCCCCCCCCCCCCCCCS(=O)(=O)O.CN(C)C. The molecular formula is C19H43NO3S. The van der Waals surface area contributed by atoms with Crippen molar-refractivity contribution in [2.45, 2.75) is 96.8 Å². The fourth-order valence-electron chi connectivity index (χ4n) is 2.48. The van der Waals surface area contributed by atoms with Crippen LogP contribution in [0.15, 0.2) is 0 Å². The van der Waals surface area contributed by atoms with Crippen molar-refractivity contribution in [1.82, 2.24) is 4.90 Å². The van der Waals surface area contributed by atoms with Crippen molar-refractivity contribution < 1.29 is 13.0 Å². The number of unbranched alkanes of at least 4 members (excludes halogenated alkanes) is 13. The third-order valence-electron chi connectivity index (χ3n) is 3.76. The highest BCUT2D eigenvalue weighted by molar-refractivity contribution is 7.85. The van der Waals surface area contributed by atoms with E-state index in [1.165, 1.54) is 70.6 Å². The van der Waals surface area contributed by atoms with Gasteiger partial charge in [0.25, 0.3) is 10.1 Å². The fraction of sp³-hybridized carbons (Fsp3) is 1.00. The van der Waals surface area contributed by atoms with Gasteiger partial charge in [-0.15, -0.1) is 0 Å². The van der Waals surface area contributed by atoms with Crippen LogP contribution < -0.4 is 0 Å². The van der Waals surface area contributed by atoms with Gasteiger partial charge in [-0.2, -0.15) is 8.42 Å². The molecule has 0 rings (SSSR count). The molecule has 1 N–H and O–H groups in total. The summed E-state index contributed by atoms with van der Waals surface area (Å²) in [4.78, 5) is 2.00. The summed E-state index contributed by atoms with van der Waals surface area (Å²) in [5, 5.41) is 0. The van der Waals surface area contributed by atoms with Crippen LogP contribution in [0.25, 0.3) is 0 Å². The Balaban J connectivity index is 0. The van der Waals surface area contributed by atoms with Crippen molar-refractivity contribution in [3.05, 3.63) is 0 Å². The summed E-state index contributed by atoms with van der Waals surface area (Å²) in [5.74, 6) is -0.0783. The van der Waals surface area contributed by atoms with E-state index in [0.29, 0.717) is 6.42 Å². The van der Waals surface area contributed by atoms with Crippen LogP contribution in [0.5, 0.6) is 0 Å². The molecule has 24 heavy (non-hydrogen) atoms. The average molecular weight is 366 g/mol. The van der Waals surface area contributed by atoms with E-state index in [2.05, 4.69) is 6.92 Å². The van der Waals surface area contributed by atoms with E-state index in [0.717, 1.165) is 12.8 Å². The highest BCUT2D eigenvalue weighted by Crippen LogP contribution is 2.13. The van der Waals surface area contributed by atoms with Crippen LogP contribution in [-0.4, -0.2) is 44.8 Å². The van der Waals surface area contributed by atoms with Crippen molar-refractivity contribution in [1.29, 1.82) is 0 Å². The maximum Gasteiger partial charge on any atom is 0.264 e. The molecule has 0 radical (unpaired) electrons. The molecule has 0 aromatic rings. The lowest BCUT2D eigenvalue weighted by Gasteiger charge is -2.03. The second kappa shape index (κ2) is 19.2. The molecule has 0 fully saturated rings. The first-order valence-electron chi connectivity index (χ1n) is 9.85. The zero-order chi connectivity index (χ0) is 18.7. The summed E-state index contributed by atoms with van der Waals surface area (Å²) in [6, 6.07) is 0. The van der Waals surface area contributed by atoms with Crippen LogP contribution in [0.4, 0.5) is 0 Å². The Hall–Kier alpha value is -0.130.